The molecule has 0 spiro atoms. The van der Waals surface area contributed by atoms with Crippen LogP contribution in [-0.2, 0) is 32.5 Å². The van der Waals surface area contributed by atoms with Crippen molar-refractivity contribution < 1.29 is 4.42 Å². The maximum absolute atomic E-state index is 7.65. The van der Waals surface area contributed by atoms with Crippen LogP contribution in [0.4, 0.5) is 34.1 Å². The number of furan rings is 1. The summed E-state index contributed by atoms with van der Waals surface area (Å²) in [5.74, 6) is 0. The van der Waals surface area contributed by atoms with Crippen molar-refractivity contribution in [3.8, 4) is 11.1 Å². The lowest BCUT2D eigenvalue weighted by Gasteiger charge is -2.49. The van der Waals surface area contributed by atoms with Crippen molar-refractivity contribution in [1.29, 1.82) is 0 Å². The fourth-order valence-electron chi connectivity index (χ4n) is 12.6. The largest absolute Gasteiger partial charge is 0.468 e. The van der Waals surface area contributed by atoms with Crippen molar-refractivity contribution in [2.75, 3.05) is 9.80 Å². The summed E-state index contributed by atoms with van der Waals surface area (Å²) in [5.41, 5.74) is 24.3. The molecule has 3 nitrogen and oxygen atoms in total. The number of hydrogen-bond acceptors (Lipinski definition) is 3. The van der Waals surface area contributed by atoms with Crippen molar-refractivity contribution in [3.05, 3.63) is 148 Å². The Balaban J connectivity index is 1.30. The van der Waals surface area contributed by atoms with E-state index in [0.717, 1.165) is 42.6 Å². The minimum Gasteiger partial charge on any atom is -0.468 e. The molecule has 0 radical (unpaired) electrons. The summed E-state index contributed by atoms with van der Waals surface area (Å²) in [5, 5.41) is 1.21. The van der Waals surface area contributed by atoms with Gasteiger partial charge in [0.1, 0.15) is 5.58 Å². The molecular weight excluding hydrogens is 812 g/mol. The molecule has 0 bridgehead atoms. The van der Waals surface area contributed by atoms with Gasteiger partial charge in [-0.1, -0.05) is 158 Å². The van der Waals surface area contributed by atoms with E-state index in [1.165, 1.54) is 94.8 Å². The molecule has 0 atom stereocenters. The van der Waals surface area contributed by atoms with Gasteiger partial charge in [0.05, 0.1) is 17.0 Å². The predicted molar refractivity (Wildman–Crippen MR) is 288 cm³/mol. The summed E-state index contributed by atoms with van der Waals surface area (Å²) in [6.07, 6.45) is 4.59. The van der Waals surface area contributed by atoms with E-state index in [1.54, 1.807) is 0 Å². The van der Waals surface area contributed by atoms with Crippen molar-refractivity contribution in [3.63, 3.8) is 0 Å². The quantitative estimate of drug-likeness (QED) is 0.165. The first-order valence-corrected chi connectivity index (χ1v) is 25.2. The Morgan fingerprint density at radius 1 is 0.522 bits per heavy atom. The number of anilines is 6. The van der Waals surface area contributed by atoms with Crippen LogP contribution in [0.3, 0.4) is 0 Å². The molecule has 0 saturated heterocycles. The van der Waals surface area contributed by atoms with Gasteiger partial charge in [0.2, 0.25) is 0 Å². The minimum atomic E-state index is -0.123. The highest BCUT2D eigenvalue weighted by Crippen LogP contribution is 2.56. The van der Waals surface area contributed by atoms with Gasteiger partial charge < -0.3 is 14.2 Å². The second-order valence-corrected chi connectivity index (χ2v) is 25.6. The molecule has 342 valence electrons. The second-order valence-electron chi connectivity index (χ2n) is 25.6. The summed E-state index contributed by atoms with van der Waals surface area (Å²) in [7, 11) is 0. The predicted octanol–water partition coefficient (Wildman–Crippen LogP) is 15.8. The standard InChI is InChI=1S/C63H71BN2O/c1-38-33-50-54-51(34-38)66(49-28-23-41(59(5,6)7)35-43(49)39-19-17-16-18-20-39)56-48(27-26-45-53(56)63(14,15)32-31-60(45,8)9)64(54)57-55(65(50)42-24-21-40(22-25-42)58(2,3)4)44-36-46-47(37-52(44)67-57)62(12,13)30-29-61(46,10)11/h16-28,33-37H,29-32H2,1-15H3. The van der Waals surface area contributed by atoms with Gasteiger partial charge in [0.25, 0.3) is 6.71 Å². The molecule has 4 heteroatoms. The highest BCUT2D eigenvalue weighted by molar-refractivity contribution is 7.00. The van der Waals surface area contributed by atoms with E-state index in [2.05, 4.69) is 223 Å². The van der Waals surface area contributed by atoms with Crippen LogP contribution in [0.5, 0.6) is 0 Å². The summed E-state index contributed by atoms with van der Waals surface area (Å²) in [4.78, 5) is 5.30. The zero-order valence-corrected chi connectivity index (χ0v) is 43.1. The SMILES string of the molecule is Cc1cc2c3c(c1)N(c1ccc(C(C)(C)C)cc1)c1c(oc4cc5c(cc14)C(C)(C)CCC5(C)C)B3c1ccc3c(c1N2c1ccc(C(C)(C)C)cc1-c1ccccc1)C(C)(C)CCC3(C)C. The lowest BCUT2D eigenvalue weighted by Crippen LogP contribution is -2.61. The molecule has 0 fully saturated rings. The van der Waals surface area contributed by atoms with Gasteiger partial charge in [-0.3, -0.25) is 0 Å². The third kappa shape index (κ3) is 6.65. The van der Waals surface area contributed by atoms with Crippen molar-refractivity contribution >= 4 is 68.4 Å². The Hall–Kier alpha value is -5.48. The fourth-order valence-corrected chi connectivity index (χ4v) is 12.6. The van der Waals surface area contributed by atoms with Crippen molar-refractivity contribution in [2.24, 2.45) is 0 Å². The first-order chi connectivity index (χ1) is 31.4. The van der Waals surface area contributed by atoms with E-state index in [-0.39, 0.29) is 39.2 Å². The summed E-state index contributed by atoms with van der Waals surface area (Å²) < 4.78 is 7.65. The number of nitrogens with zero attached hydrogens (tertiary/aromatic N) is 2. The minimum absolute atomic E-state index is 0.0216. The van der Waals surface area contributed by atoms with Crippen LogP contribution in [0, 0.1) is 6.92 Å². The maximum Gasteiger partial charge on any atom is 0.297 e. The molecular formula is C63H71BN2O. The molecule has 0 unspecified atom stereocenters. The zero-order chi connectivity index (χ0) is 47.5. The van der Waals surface area contributed by atoms with Crippen molar-refractivity contribution in [1.82, 2.24) is 0 Å². The number of hydrogen-bond donors (Lipinski definition) is 0. The number of fused-ring (bicyclic) bond motifs is 9. The van der Waals surface area contributed by atoms with E-state index in [4.69, 9.17) is 4.42 Å². The number of rotatable bonds is 3. The smallest absolute Gasteiger partial charge is 0.297 e. The highest BCUT2D eigenvalue weighted by Gasteiger charge is 2.51. The van der Waals surface area contributed by atoms with E-state index >= 15 is 0 Å². The molecule has 67 heavy (non-hydrogen) atoms. The number of aryl methyl sites for hydroxylation is 1. The molecule has 4 aliphatic rings. The maximum atomic E-state index is 7.65. The first-order valence-electron chi connectivity index (χ1n) is 25.2. The topological polar surface area (TPSA) is 19.6 Å². The van der Waals surface area contributed by atoms with Gasteiger partial charge in [-0.25, -0.2) is 0 Å². The van der Waals surface area contributed by atoms with Gasteiger partial charge in [-0.05, 0) is 169 Å². The third-order valence-corrected chi connectivity index (χ3v) is 16.9. The van der Waals surface area contributed by atoms with Crippen LogP contribution >= 0.6 is 0 Å². The molecule has 3 heterocycles. The molecule has 0 N–H and O–H groups in total. The van der Waals surface area contributed by atoms with Crippen LogP contribution in [0.1, 0.15) is 162 Å². The second kappa shape index (κ2) is 14.3. The lowest BCUT2D eigenvalue weighted by molar-refractivity contribution is 0.332. The molecule has 2 aliphatic heterocycles. The van der Waals surface area contributed by atoms with E-state index in [9.17, 15) is 0 Å². The molecule has 0 amide bonds. The van der Waals surface area contributed by atoms with Gasteiger partial charge in [0.15, 0.2) is 0 Å². The zero-order valence-electron chi connectivity index (χ0n) is 43.1. The normalized spacial score (nSPS) is 18.5. The summed E-state index contributed by atoms with van der Waals surface area (Å²) in [6, 6.07) is 42.8. The van der Waals surface area contributed by atoms with Crippen LogP contribution < -0.4 is 26.4 Å². The Morgan fingerprint density at radius 3 is 1.72 bits per heavy atom. The highest BCUT2D eigenvalue weighted by atomic mass is 16.3. The first kappa shape index (κ1) is 44.1. The molecule has 6 aromatic carbocycles. The van der Waals surface area contributed by atoms with Gasteiger partial charge in [0, 0.05) is 33.7 Å². The Labute approximate surface area is 402 Å². The number of benzene rings is 6. The van der Waals surface area contributed by atoms with Crippen LogP contribution in [0.2, 0.25) is 0 Å². The Morgan fingerprint density at radius 2 is 1.09 bits per heavy atom. The molecule has 1 aromatic heterocycles. The molecule has 0 saturated carbocycles. The summed E-state index contributed by atoms with van der Waals surface area (Å²) >= 11 is 0. The van der Waals surface area contributed by atoms with Gasteiger partial charge >= 0.3 is 0 Å². The Bertz CT molecular complexity index is 3160. The average Bonchev–Trinajstić information content (AvgIpc) is 3.64. The molecule has 2 aliphatic carbocycles. The molecule has 11 rings (SSSR count). The van der Waals surface area contributed by atoms with Gasteiger partial charge in [-0.2, -0.15) is 0 Å². The van der Waals surface area contributed by atoms with E-state index < -0.39 is 0 Å². The Kier molecular flexibility index (Phi) is 9.39. The fraction of sp³-hybridized carbons (Fsp3) is 0.397. The van der Waals surface area contributed by atoms with Crippen LogP contribution in [-0.4, -0.2) is 6.71 Å². The monoisotopic (exact) mass is 883 g/mol. The van der Waals surface area contributed by atoms with Crippen LogP contribution in [0.15, 0.2) is 114 Å². The molecule has 7 aromatic rings. The van der Waals surface area contributed by atoms with E-state index in [1.807, 2.05) is 0 Å². The third-order valence-electron chi connectivity index (χ3n) is 16.9. The van der Waals surface area contributed by atoms with Crippen LogP contribution in [0.25, 0.3) is 22.1 Å². The average molecular weight is 883 g/mol. The lowest BCUT2D eigenvalue weighted by atomic mass is 9.35. The summed E-state index contributed by atoms with van der Waals surface area (Å²) in [6.45, 7) is 35.8. The van der Waals surface area contributed by atoms with Gasteiger partial charge in [-0.15, -0.1) is 0 Å². The van der Waals surface area contributed by atoms with Crippen molar-refractivity contribution in [2.45, 2.75) is 162 Å². The van der Waals surface area contributed by atoms with E-state index in [0.29, 0.717) is 0 Å².